The smallest absolute Gasteiger partial charge is 0.123 e. The number of ether oxygens (including phenoxy) is 2. The standard InChI is InChI=1S/C19H24FNO3/c1-13(8-19(22)15-4-6-16(20)7-5-15)21-12-14-9-17(23-2)11-18(10-14)24-3/h4-7,9-11,13,19,21-22H,8,12H2,1-3H3. The maximum absolute atomic E-state index is 12.9. The van der Waals surface area contributed by atoms with Crippen molar-refractivity contribution in [3.63, 3.8) is 0 Å². The maximum atomic E-state index is 12.9. The number of hydrogen-bond donors (Lipinski definition) is 2. The molecule has 0 saturated carbocycles. The number of rotatable bonds is 8. The van der Waals surface area contributed by atoms with E-state index in [2.05, 4.69) is 5.32 Å². The zero-order valence-electron chi connectivity index (χ0n) is 14.3. The molecule has 0 saturated heterocycles. The Hall–Kier alpha value is -2.11. The van der Waals surface area contributed by atoms with E-state index in [0.717, 1.165) is 17.1 Å². The van der Waals surface area contributed by atoms with Crippen molar-refractivity contribution in [2.24, 2.45) is 0 Å². The summed E-state index contributed by atoms with van der Waals surface area (Å²) in [4.78, 5) is 0. The highest BCUT2D eigenvalue weighted by Crippen LogP contribution is 2.23. The lowest BCUT2D eigenvalue weighted by Crippen LogP contribution is -2.27. The second-order valence-corrected chi connectivity index (χ2v) is 5.81. The first-order valence-electron chi connectivity index (χ1n) is 7.90. The number of nitrogens with one attached hydrogen (secondary N) is 1. The van der Waals surface area contributed by atoms with Crippen LogP contribution in [0.1, 0.15) is 30.6 Å². The summed E-state index contributed by atoms with van der Waals surface area (Å²) in [5.41, 5.74) is 1.75. The molecule has 0 fully saturated rings. The average Bonchev–Trinajstić information content (AvgIpc) is 2.60. The van der Waals surface area contributed by atoms with Crippen LogP contribution >= 0.6 is 0 Å². The molecule has 0 aromatic heterocycles. The van der Waals surface area contributed by atoms with Crippen molar-refractivity contribution in [2.75, 3.05) is 14.2 Å². The van der Waals surface area contributed by atoms with Gasteiger partial charge < -0.3 is 19.9 Å². The number of methoxy groups -OCH3 is 2. The van der Waals surface area contributed by atoms with Crippen LogP contribution in [0.2, 0.25) is 0 Å². The molecule has 0 bridgehead atoms. The third-order valence-electron chi connectivity index (χ3n) is 3.90. The Balaban J connectivity index is 1.90. The van der Waals surface area contributed by atoms with Gasteiger partial charge in [0.15, 0.2) is 0 Å². The lowest BCUT2D eigenvalue weighted by Gasteiger charge is -2.19. The van der Waals surface area contributed by atoms with Crippen LogP contribution in [-0.2, 0) is 6.54 Å². The van der Waals surface area contributed by atoms with Gasteiger partial charge in [0, 0.05) is 18.7 Å². The molecule has 130 valence electrons. The minimum absolute atomic E-state index is 0.0854. The molecule has 0 aliphatic rings. The minimum Gasteiger partial charge on any atom is -0.497 e. The highest BCUT2D eigenvalue weighted by molar-refractivity contribution is 5.38. The van der Waals surface area contributed by atoms with Gasteiger partial charge in [-0.15, -0.1) is 0 Å². The number of aliphatic hydroxyl groups excluding tert-OH is 1. The molecule has 2 atom stereocenters. The quantitative estimate of drug-likeness (QED) is 0.777. The van der Waals surface area contributed by atoms with Gasteiger partial charge in [-0.1, -0.05) is 12.1 Å². The Morgan fingerprint density at radius 1 is 1.04 bits per heavy atom. The van der Waals surface area contributed by atoms with Crippen molar-refractivity contribution in [1.29, 1.82) is 0 Å². The predicted octanol–water partition coefficient (Wildman–Crippen LogP) is 3.44. The lowest BCUT2D eigenvalue weighted by molar-refractivity contribution is 0.153. The van der Waals surface area contributed by atoms with Gasteiger partial charge in [-0.2, -0.15) is 0 Å². The molecule has 0 amide bonds. The summed E-state index contributed by atoms with van der Waals surface area (Å²) in [6.07, 6.45) is -0.0971. The van der Waals surface area contributed by atoms with Crippen molar-refractivity contribution >= 4 is 0 Å². The van der Waals surface area contributed by atoms with Crippen LogP contribution in [0, 0.1) is 5.82 Å². The molecule has 24 heavy (non-hydrogen) atoms. The fourth-order valence-electron chi connectivity index (χ4n) is 2.50. The number of aliphatic hydroxyl groups is 1. The second-order valence-electron chi connectivity index (χ2n) is 5.81. The van der Waals surface area contributed by atoms with Gasteiger partial charge in [0.25, 0.3) is 0 Å². The molecule has 2 aromatic rings. The molecule has 5 heteroatoms. The Morgan fingerprint density at radius 2 is 1.62 bits per heavy atom. The molecule has 2 rings (SSSR count). The van der Waals surface area contributed by atoms with Crippen molar-refractivity contribution in [3.8, 4) is 11.5 Å². The van der Waals surface area contributed by atoms with Crippen LogP contribution in [0.4, 0.5) is 4.39 Å². The van der Waals surface area contributed by atoms with Crippen LogP contribution in [0.5, 0.6) is 11.5 Å². The molecule has 2 aromatic carbocycles. The molecule has 4 nitrogen and oxygen atoms in total. The summed E-state index contributed by atoms with van der Waals surface area (Å²) in [5.74, 6) is 1.18. The van der Waals surface area contributed by atoms with E-state index < -0.39 is 6.10 Å². The third kappa shape index (κ3) is 5.22. The molecule has 0 spiro atoms. The predicted molar refractivity (Wildman–Crippen MR) is 91.8 cm³/mol. The van der Waals surface area contributed by atoms with Gasteiger partial charge >= 0.3 is 0 Å². The lowest BCUT2D eigenvalue weighted by atomic mass is 10.0. The van der Waals surface area contributed by atoms with E-state index >= 15 is 0 Å². The Kier molecular flexibility index (Phi) is 6.58. The third-order valence-corrected chi connectivity index (χ3v) is 3.90. The molecular weight excluding hydrogens is 309 g/mol. The molecule has 0 aliphatic heterocycles. The summed E-state index contributed by atoms with van der Waals surface area (Å²) >= 11 is 0. The van der Waals surface area contributed by atoms with Crippen LogP contribution in [-0.4, -0.2) is 25.4 Å². The van der Waals surface area contributed by atoms with Gasteiger partial charge in [-0.05, 0) is 48.7 Å². The minimum atomic E-state index is -0.632. The van der Waals surface area contributed by atoms with E-state index in [1.54, 1.807) is 26.4 Å². The van der Waals surface area contributed by atoms with Crippen LogP contribution in [0.25, 0.3) is 0 Å². The summed E-state index contributed by atoms with van der Waals surface area (Å²) in [6, 6.07) is 11.7. The van der Waals surface area contributed by atoms with Crippen molar-refractivity contribution in [1.82, 2.24) is 5.32 Å². The maximum Gasteiger partial charge on any atom is 0.123 e. The fourth-order valence-corrected chi connectivity index (χ4v) is 2.50. The van der Waals surface area contributed by atoms with Gasteiger partial charge in [0.05, 0.1) is 20.3 Å². The first kappa shape index (κ1) is 18.2. The highest BCUT2D eigenvalue weighted by atomic mass is 19.1. The largest absolute Gasteiger partial charge is 0.497 e. The van der Waals surface area contributed by atoms with E-state index in [1.165, 1.54) is 12.1 Å². The molecule has 0 heterocycles. The summed E-state index contributed by atoms with van der Waals surface area (Å²) in [5, 5.41) is 13.6. The number of halogens is 1. The van der Waals surface area contributed by atoms with Crippen molar-refractivity contribution in [3.05, 3.63) is 59.4 Å². The first-order valence-corrected chi connectivity index (χ1v) is 7.90. The van der Waals surface area contributed by atoms with Gasteiger partial charge in [-0.3, -0.25) is 0 Å². The Morgan fingerprint density at radius 3 is 2.17 bits per heavy atom. The second kappa shape index (κ2) is 8.66. The van der Waals surface area contributed by atoms with E-state index in [4.69, 9.17) is 9.47 Å². The molecule has 0 radical (unpaired) electrons. The molecular formula is C19H24FNO3. The van der Waals surface area contributed by atoms with E-state index in [-0.39, 0.29) is 11.9 Å². The average molecular weight is 333 g/mol. The van der Waals surface area contributed by atoms with E-state index in [0.29, 0.717) is 18.5 Å². The SMILES string of the molecule is COc1cc(CNC(C)CC(O)c2ccc(F)cc2)cc(OC)c1. The Labute approximate surface area is 142 Å². The zero-order valence-corrected chi connectivity index (χ0v) is 14.3. The van der Waals surface area contributed by atoms with Gasteiger partial charge in [-0.25, -0.2) is 4.39 Å². The summed E-state index contributed by atoms with van der Waals surface area (Å²) in [6.45, 7) is 2.63. The van der Waals surface area contributed by atoms with Gasteiger partial charge in [0.2, 0.25) is 0 Å². The number of hydrogen-bond acceptors (Lipinski definition) is 4. The topological polar surface area (TPSA) is 50.7 Å². The summed E-state index contributed by atoms with van der Waals surface area (Å²) < 4.78 is 23.4. The van der Waals surface area contributed by atoms with Crippen molar-refractivity contribution < 1.29 is 19.0 Å². The van der Waals surface area contributed by atoms with Crippen LogP contribution < -0.4 is 14.8 Å². The van der Waals surface area contributed by atoms with E-state index in [9.17, 15) is 9.50 Å². The van der Waals surface area contributed by atoms with Crippen LogP contribution in [0.3, 0.4) is 0 Å². The first-order chi connectivity index (χ1) is 11.5. The summed E-state index contributed by atoms with van der Waals surface area (Å²) in [7, 11) is 3.24. The molecule has 0 aliphatic carbocycles. The monoisotopic (exact) mass is 333 g/mol. The van der Waals surface area contributed by atoms with Crippen LogP contribution in [0.15, 0.2) is 42.5 Å². The Bertz CT molecular complexity index is 623. The highest BCUT2D eigenvalue weighted by Gasteiger charge is 2.13. The normalized spacial score (nSPS) is 13.4. The zero-order chi connectivity index (χ0) is 17.5. The van der Waals surface area contributed by atoms with Crippen molar-refractivity contribution in [2.45, 2.75) is 32.0 Å². The van der Waals surface area contributed by atoms with E-state index in [1.807, 2.05) is 25.1 Å². The van der Waals surface area contributed by atoms with Gasteiger partial charge in [0.1, 0.15) is 17.3 Å². The molecule has 2 unspecified atom stereocenters. The fraction of sp³-hybridized carbons (Fsp3) is 0.368. The number of benzene rings is 2. The molecule has 2 N–H and O–H groups in total.